The number of carbonyl (C=O) groups is 1. The Morgan fingerprint density at radius 1 is 1.22 bits per heavy atom. The number of benzene rings is 1. The average Bonchev–Trinajstić information content (AvgIpc) is 3.04. The van der Waals surface area contributed by atoms with E-state index >= 15 is 0 Å². The van der Waals surface area contributed by atoms with Gasteiger partial charge in [0.25, 0.3) is 0 Å². The van der Waals surface area contributed by atoms with Gasteiger partial charge in [0.05, 0.1) is 15.1 Å². The number of anilines is 1. The van der Waals surface area contributed by atoms with Crippen molar-refractivity contribution in [2.45, 2.75) is 57.3 Å². The van der Waals surface area contributed by atoms with Crippen molar-refractivity contribution in [3.8, 4) is 0 Å². The number of thiazole rings is 1. The van der Waals surface area contributed by atoms with Crippen molar-refractivity contribution in [3.63, 3.8) is 0 Å². The fourth-order valence-electron chi connectivity index (χ4n) is 3.66. The molecule has 1 heterocycles. The van der Waals surface area contributed by atoms with Crippen LogP contribution in [0.1, 0.15) is 52.4 Å². The van der Waals surface area contributed by atoms with Crippen molar-refractivity contribution in [1.29, 1.82) is 0 Å². The maximum Gasteiger partial charge on any atom is 0.243 e. The molecule has 148 valence electrons. The van der Waals surface area contributed by atoms with Gasteiger partial charge in [-0.3, -0.25) is 4.79 Å². The van der Waals surface area contributed by atoms with Crippen molar-refractivity contribution >= 4 is 42.6 Å². The second kappa shape index (κ2) is 8.67. The van der Waals surface area contributed by atoms with Crippen LogP contribution in [0.3, 0.4) is 0 Å². The van der Waals surface area contributed by atoms with Crippen LogP contribution in [0, 0.1) is 5.92 Å². The molecule has 1 amide bonds. The minimum atomic E-state index is -3.50. The molecule has 0 spiro atoms. The Bertz CT molecular complexity index is 898. The molecule has 2 aromatic rings. The summed E-state index contributed by atoms with van der Waals surface area (Å²) in [5, 5.41) is 3.42. The number of hydrogen-bond donors (Lipinski definition) is 1. The second-order valence-corrected chi connectivity index (χ2v) is 9.96. The quantitative estimate of drug-likeness (QED) is 0.742. The van der Waals surface area contributed by atoms with Crippen molar-refractivity contribution in [2.75, 3.05) is 18.4 Å². The molecule has 1 aliphatic rings. The fraction of sp³-hybridized carbons (Fsp3) is 0.579. The molecule has 6 nitrogen and oxygen atoms in total. The van der Waals surface area contributed by atoms with E-state index < -0.39 is 10.0 Å². The molecule has 0 radical (unpaired) electrons. The molecule has 1 aromatic carbocycles. The molecule has 3 rings (SSSR count). The van der Waals surface area contributed by atoms with Gasteiger partial charge in [-0.15, -0.1) is 0 Å². The van der Waals surface area contributed by atoms with E-state index in [0.29, 0.717) is 36.1 Å². The summed E-state index contributed by atoms with van der Waals surface area (Å²) in [6, 6.07) is 4.94. The number of hydrogen-bond acceptors (Lipinski definition) is 5. The molecular weight excluding hydrogens is 382 g/mol. The largest absolute Gasteiger partial charge is 0.302 e. The van der Waals surface area contributed by atoms with Crippen LogP contribution in [0.5, 0.6) is 0 Å². The van der Waals surface area contributed by atoms with Crippen molar-refractivity contribution in [2.24, 2.45) is 5.92 Å². The molecule has 8 heteroatoms. The van der Waals surface area contributed by atoms with Crippen LogP contribution in [0.2, 0.25) is 0 Å². The Morgan fingerprint density at radius 3 is 2.59 bits per heavy atom. The minimum absolute atomic E-state index is 0.00283. The number of fused-ring (bicyclic) bond motifs is 1. The lowest BCUT2D eigenvalue weighted by Crippen LogP contribution is -2.30. The number of rotatable bonds is 7. The van der Waals surface area contributed by atoms with Crippen molar-refractivity contribution in [1.82, 2.24) is 9.29 Å². The van der Waals surface area contributed by atoms with Crippen LogP contribution in [0.25, 0.3) is 10.2 Å². The first-order valence-corrected chi connectivity index (χ1v) is 11.9. The lowest BCUT2D eigenvalue weighted by molar-refractivity contribution is -0.117. The molecule has 1 aromatic heterocycles. The summed E-state index contributed by atoms with van der Waals surface area (Å²) in [6.07, 6.45) is 6.48. The van der Waals surface area contributed by atoms with E-state index in [-0.39, 0.29) is 10.8 Å². The zero-order valence-electron chi connectivity index (χ0n) is 15.9. The Balaban J connectivity index is 1.74. The topological polar surface area (TPSA) is 79.4 Å². The van der Waals surface area contributed by atoms with E-state index in [1.165, 1.54) is 34.9 Å². The van der Waals surface area contributed by atoms with Gasteiger partial charge in [0.15, 0.2) is 5.13 Å². The van der Waals surface area contributed by atoms with E-state index in [1.54, 1.807) is 18.2 Å². The number of sulfonamides is 1. The van der Waals surface area contributed by atoms with E-state index in [1.807, 2.05) is 13.8 Å². The third-order valence-electron chi connectivity index (χ3n) is 5.15. The van der Waals surface area contributed by atoms with Crippen LogP contribution in [0.4, 0.5) is 5.13 Å². The maximum absolute atomic E-state index is 12.7. The van der Waals surface area contributed by atoms with Crippen LogP contribution < -0.4 is 5.32 Å². The van der Waals surface area contributed by atoms with Gasteiger partial charge in [0.2, 0.25) is 15.9 Å². The summed E-state index contributed by atoms with van der Waals surface area (Å²) in [5.74, 6) is 0.468. The van der Waals surface area contributed by atoms with Crippen molar-refractivity contribution in [3.05, 3.63) is 18.2 Å². The van der Waals surface area contributed by atoms with Crippen LogP contribution in [0.15, 0.2) is 23.1 Å². The van der Waals surface area contributed by atoms with Crippen LogP contribution >= 0.6 is 11.3 Å². The number of nitrogens with zero attached hydrogens (tertiary/aromatic N) is 2. The average molecular weight is 410 g/mol. The predicted octanol–water partition coefficient (Wildman–Crippen LogP) is 4.24. The van der Waals surface area contributed by atoms with E-state index in [9.17, 15) is 13.2 Å². The molecule has 0 saturated heterocycles. The Kier molecular flexibility index (Phi) is 6.49. The van der Waals surface area contributed by atoms with Gasteiger partial charge >= 0.3 is 0 Å². The summed E-state index contributed by atoms with van der Waals surface area (Å²) in [7, 11) is -3.50. The highest BCUT2D eigenvalue weighted by Crippen LogP contribution is 2.30. The van der Waals surface area contributed by atoms with Gasteiger partial charge in [0.1, 0.15) is 0 Å². The van der Waals surface area contributed by atoms with Gasteiger partial charge in [-0.25, -0.2) is 13.4 Å². The summed E-state index contributed by atoms with van der Waals surface area (Å²) < 4.78 is 27.6. The maximum atomic E-state index is 12.7. The van der Waals surface area contributed by atoms with Gasteiger partial charge in [-0.05, 0) is 37.0 Å². The molecule has 1 N–H and O–H groups in total. The minimum Gasteiger partial charge on any atom is -0.302 e. The molecule has 1 aliphatic carbocycles. The Hall–Kier alpha value is -1.51. The number of nitrogens with one attached hydrogen (secondary N) is 1. The van der Waals surface area contributed by atoms with Gasteiger partial charge < -0.3 is 5.32 Å². The SMILES string of the molecule is CCN(CC)S(=O)(=O)c1ccc2nc(NC(=O)CC3CCCCC3)sc2c1. The van der Waals surface area contributed by atoms with Crippen molar-refractivity contribution < 1.29 is 13.2 Å². The summed E-state index contributed by atoms with van der Waals surface area (Å²) in [4.78, 5) is 17.0. The van der Waals surface area contributed by atoms with Crippen LogP contribution in [-0.2, 0) is 14.8 Å². The molecule has 1 saturated carbocycles. The normalized spacial score (nSPS) is 16.1. The van der Waals surface area contributed by atoms with Crippen LogP contribution in [-0.4, -0.2) is 36.7 Å². The lowest BCUT2D eigenvalue weighted by Gasteiger charge is -2.20. The highest BCUT2D eigenvalue weighted by Gasteiger charge is 2.23. The molecule has 1 fully saturated rings. The van der Waals surface area contributed by atoms with E-state index in [0.717, 1.165) is 17.5 Å². The molecule has 0 unspecified atom stereocenters. The zero-order valence-corrected chi connectivity index (χ0v) is 17.5. The van der Waals surface area contributed by atoms with Gasteiger partial charge in [0, 0.05) is 19.5 Å². The standard InChI is InChI=1S/C19H27N3O3S2/c1-3-22(4-2)27(24,25)15-10-11-16-17(13-15)26-19(20-16)21-18(23)12-14-8-6-5-7-9-14/h10-11,13-14H,3-9,12H2,1-2H3,(H,20,21,23). The molecular formula is C19H27N3O3S2. The number of amides is 1. The summed E-state index contributed by atoms with van der Waals surface area (Å²) >= 11 is 1.32. The fourth-order valence-corrected chi connectivity index (χ4v) is 6.14. The molecule has 0 bridgehead atoms. The number of aromatic nitrogens is 1. The Morgan fingerprint density at radius 2 is 1.93 bits per heavy atom. The lowest BCUT2D eigenvalue weighted by atomic mass is 9.87. The first-order valence-electron chi connectivity index (χ1n) is 9.64. The number of carbonyl (C=O) groups excluding carboxylic acids is 1. The second-order valence-electron chi connectivity index (χ2n) is 6.99. The smallest absolute Gasteiger partial charge is 0.243 e. The monoisotopic (exact) mass is 409 g/mol. The summed E-state index contributed by atoms with van der Waals surface area (Å²) in [5.41, 5.74) is 0.700. The third-order valence-corrected chi connectivity index (χ3v) is 8.13. The van der Waals surface area contributed by atoms with E-state index in [4.69, 9.17) is 0 Å². The third kappa shape index (κ3) is 4.67. The summed E-state index contributed by atoms with van der Waals surface area (Å²) in [6.45, 7) is 4.52. The molecule has 0 aliphatic heterocycles. The van der Waals surface area contributed by atoms with E-state index in [2.05, 4.69) is 10.3 Å². The highest BCUT2D eigenvalue weighted by molar-refractivity contribution is 7.89. The Labute approximate surface area is 165 Å². The molecule has 0 atom stereocenters. The first-order chi connectivity index (χ1) is 12.9. The first kappa shape index (κ1) is 20.2. The molecule has 27 heavy (non-hydrogen) atoms. The van der Waals surface area contributed by atoms with Gasteiger partial charge in [-0.1, -0.05) is 44.4 Å². The predicted molar refractivity (Wildman–Crippen MR) is 110 cm³/mol. The highest BCUT2D eigenvalue weighted by atomic mass is 32.2. The zero-order chi connectivity index (χ0) is 19.4. The van der Waals surface area contributed by atoms with Gasteiger partial charge in [-0.2, -0.15) is 4.31 Å².